The normalized spacial score (nSPS) is 32.3. The standard InChI is InChI=1S/C18H21ClO3/c1-17(2)12-9-14(17)18(3,15(20)10-12)22-16(21)8-11-4-6-13(19)7-5-11/h4-7,12,14H,8-10H2,1-3H3/t12-,14+,18-/m1/s1. The lowest BCUT2D eigenvalue weighted by atomic mass is 9.44. The van der Waals surface area contributed by atoms with Crippen LogP contribution in [0.2, 0.25) is 5.02 Å². The van der Waals surface area contributed by atoms with Crippen LogP contribution in [0.1, 0.15) is 39.2 Å². The highest BCUT2D eigenvalue weighted by molar-refractivity contribution is 6.30. The molecule has 0 spiro atoms. The van der Waals surface area contributed by atoms with Crippen molar-refractivity contribution in [3.05, 3.63) is 34.9 Å². The molecule has 2 bridgehead atoms. The molecule has 22 heavy (non-hydrogen) atoms. The van der Waals surface area contributed by atoms with E-state index in [2.05, 4.69) is 13.8 Å². The lowest BCUT2D eigenvalue weighted by Crippen LogP contribution is -2.66. The molecule has 0 saturated heterocycles. The number of fused-ring (bicyclic) bond motifs is 2. The highest BCUT2D eigenvalue weighted by Crippen LogP contribution is 2.62. The number of hydrogen-bond donors (Lipinski definition) is 0. The highest BCUT2D eigenvalue weighted by atomic mass is 35.5. The van der Waals surface area contributed by atoms with Crippen molar-refractivity contribution < 1.29 is 14.3 Å². The van der Waals surface area contributed by atoms with Gasteiger partial charge in [-0.2, -0.15) is 0 Å². The molecule has 0 N–H and O–H groups in total. The summed E-state index contributed by atoms with van der Waals surface area (Å²) in [5.41, 5.74) is -0.0580. The minimum atomic E-state index is -0.970. The first-order chi connectivity index (χ1) is 10.2. The third-order valence-corrected chi connectivity index (χ3v) is 5.96. The Hall–Kier alpha value is -1.35. The molecule has 0 aromatic heterocycles. The first-order valence-corrected chi connectivity index (χ1v) is 8.11. The lowest BCUT2D eigenvalue weighted by Gasteiger charge is -2.62. The maximum atomic E-state index is 12.4. The molecule has 0 heterocycles. The number of ether oxygens (including phenoxy) is 1. The number of esters is 1. The van der Waals surface area contributed by atoms with E-state index in [4.69, 9.17) is 16.3 Å². The predicted octanol–water partition coefficient (Wildman–Crippen LogP) is 3.82. The summed E-state index contributed by atoms with van der Waals surface area (Å²) in [5, 5.41) is 0.633. The Labute approximate surface area is 136 Å². The van der Waals surface area contributed by atoms with E-state index in [0.717, 1.165) is 12.0 Å². The fraction of sp³-hybridized carbons (Fsp3) is 0.556. The van der Waals surface area contributed by atoms with Crippen LogP contribution < -0.4 is 0 Å². The van der Waals surface area contributed by atoms with Crippen LogP contribution in [0, 0.1) is 17.3 Å². The molecule has 0 unspecified atom stereocenters. The zero-order valence-electron chi connectivity index (χ0n) is 13.2. The molecule has 3 atom stereocenters. The van der Waals surface area contributed by atoms with Crippen molar-refractivity contribution in [3.8, 4) is 0 Å². The summed E-state index contributed by atoms with van der Waals surface area (Å²) in [4.78, 5) is 24.7. The number of ketones is 1. The fourth-order valence-corrected chi connectivity index (χ4v) is 4.21. The van der Waals surface area contributed by atoms with Crippen molar-refractivity contribution >= 4 is 23.4 Å². The SMILES string of the molecule is CC1(C)[C@H]2CC(=O)[C@](C)(OC(=O)Cc3ccc(Cl)cc3)[C@H]1C2. The Morgan fingerprint density at radius 3 is 2.50 bits per heavy atom. The monoisotopic (exact) mass is 320 g/mol. The molecule has 3 nitrogen and oxygen atoms in total. The van der Waals surface area contributed by atoms with Crippen LogP contribution in [0.5, 0.6) is 0 Å². The van der Waals surface area contributed by atoms with E-state index < -0.39 is 5.60 Å². The second-order valence-electron chi connectivity index (χ2n) is 7.32. The molecule has 3 aliphatic carbocycles. The smallest absolute Gasteiger partial charge is 0.311 e. The number of Topliss-reactive ketones (excluding diaryl/α,β-unsaturated/α-hetero) is 1. The molecule has 3 saturated carbocycles. The zero-order chi connectivity index (χ0) is 16.1. The van der Waals surface area contributed by atoms with Crippen LogP contribution in [0.25, 0.3) is 0 Å². The first-order valence-electron chi connectivity index (χ1n) is 7.73. The Bertz CT molecular complexity index is 620. The molecule has 0 radical (unpaired) electrons. The number of carbonyl (C=O) groups excluding carboxylic acids is 2. The third kappa shape index (κ3) is 2.36. The topological polar surface area (TPSA) is 43.4 Å². The van der Waals surface area contributed by atoms with Crippen LogP contribution >= 0.6 is 11.6 Å². The second kappa shape index (κ2) is 5.09. The van der Waals surface area contributed by atoms with E-state index >= 15 is 0 Å². The minimum absolute atomic E-state index is 0.0672. The van der Waals surface area contributed by atoms with Crippen LogP contribution in [-0.4, -0.2) is 17.4 Å². The molecule has 4 heteroatoms. The molecule has 118 valence electrons. The van der Waals surface area contributed by atoms with E-state index in [1.807, 2.05) is 0 Å². The van der Waals surface area contributed by atoms with E-state index in [1.54, 1.807) is 31.2 Å². The number of halogens is 1. The van der Waals surface area contributed by atoms with E-state index in [1.165, 1.54) is 0 Å². The lowest BCUT2D eigenvalue weighted by molar-refractivity contribution is -0.213. The summed E-state index contributed by atoms with van der Waals surface area (Å²) in [6, 6.07) is 7.10. The summed E-state index contributed by atoms with van der Waals surface area (Å²) < 4.78 is 5.69. The summed E-state index contributed by atoms with van der Waals surface area (Å²) >= 11 is 5.84. The molecule has 0 aliphatic heterocycles. The number of benzene rings is 1. The van der Waals surface area contributed by atoms with Crippen molar-refractivity contribution in [1.82, 2.24) is 0 Å². The van der Waals surface area contributed by atoms with Gasteiger partial charge in [-0.15, -0.1) is 0 Å². The van der Waals surface area contributed by atoms with E-state index in [9.17, 15) is 9.59 Å². The zero-order valence-corrected chi connectivity index (χ0v) is 13.9. The van der Waals surface area contributed by atoms with Gasteiger partial charge in [-0.25, -0.2) is 0 Å². The van der Waals surface area contributed by atoms with Crippen LogP contribution in [0.3, 0.4) is 0 Å². The van der Waals surface area contributed by atoms with Gasteiger partial charge in [0.05, 0.1) is 6.42 Å². The Kier molecular flexibility index (Phi) is 3.59. The van der Waals surface area contributed by atoms with Gasteiger partial charge in [0.15, 0.2) is 11.4 Å². The Morgan fingerprint density at radius 1 is 1.27 bits per heavy atom. The maximum Gasteiger partial charge on any atom is 0.311 e. The molecular weight excluding hydrogens is 300 g/mol. The van der Waals surface area contributed by atoms with Gasteiger partial charge in [0.1, 0.15) is 0 Å². The largest absolute Gasteiger partial charge is 0.451 e. The van der Waals surface area contributed by atoms with Crippen molar-refractivity contribution in [2.75, 3.05) is 0 Å². The maximum absolute atomic E-state index is 12.4. The van der Waals surface area contributed by atoms with Gasteiger partial charge in [-0.05, 0) is 42.4 Å². The molecule has 0 amide bonds. The summed E-state index contributed by atoms with van der Waals surface area (Å²) in [5.74, 6) is 0.283. The van der Waals surface area contributed by atoms with E-state index in [0.29, 0.717) is 17.4 Å². The van der Waals surface area contributed by atoms with Gasteiger partial charge in [-0.1, -0.05) is 37.6 Å². The van der Waals surface area contributed by atoms with Crippen molar-refractivity contribution in [1.29, 1.82) is 0 Å². The van der Waals surface area contributed by atoms with Crippen molar-refractivity contribution in [3.63, 3.8) is 0 Å². The number of hydrogen-bond acceptors (Lipinski definition) is 3. The predicted molar refractivity (Wildman–Crippen MR) is 84.7 cm³/mol. The Balaban J connectivity index is 1.72. The molecule has 4 rings (SSSR count). The summed E-state index contributed by atoms with van der Waals surface area (Å²) in [6.45, 7) is 6.13. The highest BCUT2D eigenvalue weighted by Gasteiger charge is 2.65. The van der Waals surface area contributed by atoms with Gasteiger partial charge < -0.3 is 4.74 Å². The van der Waals surface area contributed by atoms with E-state index in [-0.39, 0.29) is 29.5 Å². The van der Waals surface area contributed by atoms with Crippen LogP contribution in [0.4, 0.5) is 0 Å². The first kappa shape index (κ1) is 15.5. The minimum Gasteiger partial charge on any atom is -0.451 e. The summed E-state index contributed by atoms with van der Waals surface area (Å²) in [6.07, 6.45) is 1.66. The van der Waals surface area contributed by atoms with Gasteiger partial charge in [0.25, 0.3) is 0 Å². The molecule has 1 aromatic carbocycles. The van der Waals surface area contributed by atoms with Gasteiger partial charge in [0.2, 0.25) is 0 Å². The molecule has 1 aromatic rings. The third-order valence-electron chi connectivity index (χ3n) is 5.71. The van der Waals surface area contributed by atoms with Crippen LogP contribution in [-0.2, 0) is 20.7 Å². The fourth-order valence-electron chi connectivity index (χ4n) is 4.09. The average Bonchev–Trinajstić information content (AvgIpc) is 2.43. The number of rotatable bonds is 3. The summed E-state index contributed by atoms with van der Waals surface area (Å²) in [7, 11) is 0. The quantitative estimate of drug-likeness (QED) is 0.795. The van der Waals surface area contributed by atoms with Gasteiger partial charge >= 0.3 is 5.97 Å². The van der Waals surface area contributed by atoms with Gasteiger partial charge in [-0.3, -0.25) is 9.59 Å². The van der Waals surface area contributed by atoms with Crippen molar-refractivity contribution in [2.45, 2.75) is 45.6 Å². The average molecular weight is 321 g/mol. The van der Waals surface area contributed by atoms with Gasteiger partial charge in [0, 0.05) is 17.4 Å². The molecule has 3 fully saturated rings. The second-order valence-corrected chi connectivity index (χ2v) is 7.75. The Morgan fingerprint density at radius 2 is 1.91 bits per heavy atom. The van der Waals surface area contributed by atoms with Crippen molar-refractivity contribution in [2.24, 2.45) is 17.3 Å². The number of carbonyl (C=O) groups is 2. The molecular formula is C18H21ClO3. The molecule has 3 aliphatic rings. The van der Waals surface area contributed by atoms with Crippen LogP contribution in [0.15, 0.2) is 24.3 Å².